The van der Waals surface area contributed by atoms with Gasteiger partial charge in [0, 0.05) is 10.0 Å². The summed E-state index contributed by atoms with van der Waals surface area (Å²) in [7, 11) is 0. The average molecular weight is 303 g/mol. The third kappa shape index (κ3) is 2.20. The van der Waals surface area contributed by atoms with Crippen molar-refractivity contribution in [2.45, 2.75) is 6.18 Å². The van der Waals surface area contributed by atoms with E-state index in [2.05, 4.69) is 15.9 Å². The highest BCUT2D eigenvalue weighted by Gasteiger charge is 2.41. The summed E-state index contributed by atoms with van der Waals surface area (Å²) in [5.74, 6) is -1.82. The summed E-state index contributed by atoms with van der Waals surface area (Å²) in [6.07, 6.45) is -4.85. The van der Waals surface area contributed by atoms with Crippen molar-refractivity contribution >= 4 is 21.7 Å². The molecule has 0 saturated carbocycles. The minimum atomic E-state index is -4.85. The predicted octanol–water partition coefficient (Wildman–Crippen LogP) is 4.30. The second kappa shape index (κ2) is 4.14. The van der Waals surface area contributed by atoms with Gasteiger partial charge in [-0.05, 0) is 17.2 Å². The maximum Gasteiger partial charge on any atom is 0.454 e. The van der Waals surface area contributed by atoms with E-state index >= 15 is 0 Å². The molecule has 0 aromatic carbocycles. The molecule has 0 unspecified atom stereocenters. The quantitative estimate of drug-likeness (QED) is 0.718. The summed E-state index contributed by atoms with van der Waals surface area (Å²) in [5, 5.41) is 0. The second-order valence-corrected chi connectivity index (χ2v) is 4.33. The topological polar surface area (TPSA) is 17.1 Å². The molecular formula is C12H6BrF3O. The van der Waals surface area contributed by atoms with E-state index in [0.29, 0.717) is 15.6 Å². The van der Waals surface area contributed by atoms with Gasteiger partial charge in [0.05, 0.1) is 0 Å². The van der Waals surface area contributed by atoms with Gasteiger partial charge in [-0.25, -0.2) is 0 Å². The summed E-state index contributed by atoms with van der Waals surface area (Å²) in [6.45, 7) is 0. The molecule has 17 heavy (non-hydrogen) atoms. The van der Waals surface area contributed by atoms with E-state index in [-0.39, 0.29) is 5.56 Å². The molecule has 0 aliphatic heterocycles. The lowest BCUT2D eigenvalue weighted by molar-refractivity contribution is -0.0884. The van der Waals surface area contributed by atoms with Gasteiger partial charge < -0.3 is 0 Å². The van der Waals surface area contributed by atoms with Crippen LogP contribution in [0.15, 0.2) is 40.9 Å². The monoisotopic (exact) mass is 302 g/mol. The van der Waals surface area contributed by atoms with E-state index in [1.165, 1.54) is 12.1 Å². The highest BCUT2D eigenvalue weighted by atomic mass is 79.9. The molecule has 0 heterocycles. The highest BCUT2D eigenvalue weighted by molar-refractivity contribution is 9.10. The minimum Gasteiger partial charge on any atom is -0.284 e. The zero-order valence-electron chi connectivity index (χ0n) is 8.38. The van der Waals surface area contributed by atoms with Crippen LogP contribution >= 0.6 is 15.9 Å². The third-order valence-electron chi connectivity index (χ3n) is 2.36. The molecule has 0 N–H and O–H groups in total. The number of hydrogen-bond donors (Lipinski definition) is 0. The first-order chi connectivity index (χ1) is 7.91. The first-order valence-electron chi connectivity index (χ1n) is 4.70. The number of alkyl halides is 3. The van der Waals surface area contributed by atoms with Gasteiger partial charge in [-0.3, -0.25) is 4.79 Å². The molecule has 88 valence electrons. The SMILES string of the molecule is O=C(c1cc(Br)c2cccccc1-2)C(F)(F)F. The molecule has 0 atom stereocenters. The van der Waals surface area contributed by atoms with Crippen LogP contribution in [-0.2, 0) is 0 Å². The van der Waals surface area contributed by atoms with E-state index < -0.39 is 12.0 Å². The standard InChI is InChI=1S/C12H6BrF3O/c13-10-6-9(11(17)12(14,15)16)7-4-2-1-3-5-8(7)10/h1-6H. The average Bonchev–Trinajstić information content (AvgIpc) is 2.45. The van der Waals surface area contributed by atoms with Crippen LogP contribution in [0.2, 0.25) is 0 Å². The molecule has 2 rings (SSSR count). The number of fused-ring (bicyclic) bond motifs is 1. The van der Waals surface area contributed by atoms with E-state index in [0.717, 1.165) is 0 Å². The number of carbonyl (C=O) groups excluding carboxylic acids is 1. The molecule has 0 bridgehead atoms. The van der Waals surface area contributed by atoms with Crippen LogP contribution in [0.3, 0.4) is 0 Å². The van der Waals surface area contributed by atoms with Crippen molar-refractivity contribution in [3.63, 3.8) is 0 Å². The van der Waals surface area contributed by atoms with E-state index in [9.17, 15) is 18.0 Å². The molecule has 0 fully saturated rings. The largest absolute Gasteiger partial charge is 0.454 e. The van der Waals surface area contributed by atoms with E-state index in [4.69, 9.17) is 0 Å². The Kier molecular flexibility index (Phi) is 2.95. The lowest BCUT2D eigenvalue weighted by Crippen LogP contribution is -2.22. The summed E-state index contributed by atoms with van der Waals surface area (Å²) in [6, 6.07) is 9.36. The smallest absolute Gasteiger partial charge is 0.284 e. The Labute approximate surface area is 104 Å². The van der Waals surface area contributed by atoms with Crippen molar-refractivity contribution < 1.29 is 18.0 Å². The maximum atomic E-state index is 12.4. The lowest BCUT2D eigenvalue weighted by Gasteiger charge is -2.04. The number of hydrogen-bond acceptors (Lipinski definition) is 1. The van der Waals surface area contributed by atoms with E-state index in [1.807, 2.05) is 0 Å². The number of ketones is 1. The number of halogens is 4. The molecule has 0 saturated heterocycles. The van der Waals surface area contributed by atoms with Crippen molar-refractivity contribution in [3.8, 4) is 11.1 Å². The fourth-order valence-corrected chi connectivity index (χ4v) is 2.19. The molecule has 0 aromatic heterocycles. The van der Waals surface area contributed by atoms with Crippen molar-refractivity contribution in [1.29, 1.82) is 0 Å². The molecule has 5 heteroatoms. The highest BCUT2D eigenvalue weighted by Crippen LogP contribution is 2.38. The van der Waals surface area contributed by atoms with Gasteiger partial charge >= 0.3 is 6.18 Å². The fraction of sp³-hybridized carbons (Fsp3) is 0.0833. The molecule has 2 aliphatic rings. The Bertz CT molecular complexity index is 548. The van der Waals surface area contributed by atoms with Gasteiger partial charge in [-0.2, -0.15) is 13.2 Å². The van der Waals surface area contributed by atoms with Gasteiger partial charge in [-0.15, -0.1) is 0 Å². The zero-order valence-corrected chi connectivity index (χ0v) is 9.97. The summed E-state index contributed by atoms with van der Waals surface area (Å²) in [5.41, 5.74) is 0.558. The third-order valence-corrected chi connectivity index (χ3v) is 3.01. The predicted molar refractivity (Wildman–Crippen MR) is 61.1 cm³/mol. The number of rotatable bonds is 1. The number of carbonyl (C=O) groups is 1. The van der Waals surface area contributed by atoms with Crippen LogP contribution in [0.1, 0.15) is 10.4 Å². The van der Waals surface area contributed by atoms with Gasteiger partial charge in [0.1, 0.15) is 0 Å². The van der Waals surface area contributed by atoms with Crippen LogP contribution in [0.25, 0.3) is 11.1 Å². The molecule has 0 amide bonds. The van der Waals surface area contributed by atoms with Gasteiger partial charge in [0.25, 0.3) is 5.78 Å². The molecule has 0 radical (unpaired) electrons. The molecule has 1 nitrogen and oxygen atoms in total. The van der Waals surface area contributed by atoms with Crippen molar-refractivity contribution in [3.05, 3.63) is 46.4 Å². The lowest BCUT2D eigenvalue weighted by atomic mass is 10.1. The van der Waals surface area contributed by atoms with E-state index in [1.54, 1.807) is 24.3 Å². The van der Waals surface area contributed by atoms with Gasteiger partial charge in [-0.1, -0.05) is 46.3 Å². The van der Waals surface area contributed by atoms with Crippen LogP contribution in [0.4, 0.5) is 13.2 Å². The minimum absolute atomic E-state index is 0.296. The first kappa shape index (κ1) is 12.1. The zero-order chi connectivity index (χ0) is 12.6. The van der Waals surface area contributed by atoms with Crippen molar-refractivity contribution in [2.75, 3.05) is 0 Å². The summed E-state index contributed by atoms with van der Waals surface area (Å²) < 4.78 is 37.7. The van der Waals surface area contributed by atoms with Crippen LogP contribution in [0.5, 0.6) is 0 Å². The van der Waals surface area contributed by atoms with Crippen LogP contribution < -0.4 is 0 Å². The summed E-state index contributed by atoms with van der Waals surface area (Å²) >= 11 is 3.15. The first-order valence-corrected chi connectivity index (χ1v) is 5.49. The van der Waals surface area contributed by atoms with Crippen molar-refractivity contribution in [2.24, 2.45) is 0 Å². The Balaban J connectivity index is 2.63. The molecular weight excluding hydrogens is 297 g/mol. The molecule has 0 spiro atoms. The Hall–Kier alpha value is -1.36. The Morgan fingerprint density at radius 1 is 1.06 bits per heavy atom. The Morgan fingerprint density at radius 2 is 1.65 bits per heavy atom. The van der Waals surface area contributed by atoms with Gasteiger partial charge in [0.15, 0.2) is 0 Å². The van der Waals surface area contributed by atoms with Crippen LogP contribution in [-0.4, -0.2) is 12.0 Å². The maximum absolute atomic E-state index is 12.4. The molecule has 0 aromatic rings. The Morgan fingerprint density at radius 3 is 2.24 bits per heavy atom. The van der Waals surface area contributed by atoms with Gasteiger partial charge in [0.2, 0.25) is 0 Å². The van der Waals surface area contributed by atoms with Crippen LogP contribution in [0, 0.1) is 0 Å². The second-order valence-electron chi connectivity index (χ2n) is 3.47. The number of Topliss-reactive ketones (excluding diaryl/α,β-unsaturated/α-hetero) is 1. The normalized spacial score (nSPS) is 11.8. The summed E-state index contributed by atoms with van der Waals surface area (Å²) in [4.78, 5) is 11.2. The van der Waals surface area contributed by atoms with Crippen molar-refractivity contribution in [1.82, 2.24) is 0 Å². The molecule has 2 aliphatic carbocycles. The fourth-order valence-electron chi connectivity index (χ4n) is 1.61.